The first-order valence-corrected chi connectivity index (χ1v) is 7.68. The van der Waals surface area contributed by atoms with Crippen molar-refractivity contribution in [2.45, 2.75) is 32.4 Å². The molecular formula is C14H19N3O3S. The summed E-state index contributed by atoms with van der Waals surface area (Å²) in [6.07, 6.45) is 1.51. The molecule has 0 fully saturated rings. The van der Waals surface area contributed by atoms with E-state index in [1.54, 1.807) is 23.5 Å². The Labute approximate surface area is 127 Å². The zero-order chi connectivity index (χ0) is 15.2. The summed E-state index contributed by atoms with van der Waals surface area (Å²) in [7, 11) is 0. The number of urea groups is 1. The Hall–Kier alpha value is -1.86. The second-order valence-electron chi connectivity index (χ2n) is 4.63. The lowest BCUT2D eigenvalue weighted by molar-refractivity contribution is 0.147. The van der Waals surface area contributed by atoms with Gasteiger partial charge in [-0.25, -0.2) is 9.78 Å². The van der Waals surface area contributed by atoms with Crippen molar-refractivity contribution in [1.29, 1.82) is 0 Å². The van der Waals surface area contributed by atoms with Crippen molar-refractivity contribution >= 4 is 17.4 Å². The van der Waals surface area contributed by atoms with E-state index in [-0.39, 0.29) is 18.6 Å². The average Bonchev–Trinajstić information content (AvgIpc) is 3.15. The van der Waals surface area contributed by atoms with Crippen molar-refractivity contribution in [2.24, 2.45) is 0 Å². The number of nitrogens with zero attached hydrogens (tertiary/aromatic N) is 1. The molecule has 21 heavy (non-hydrogen) atoms. The molecule has 2 heterocycles. The van der Waals surface area contributed by atoms with Gasteiger partial charge in [0.1, 0.15) is 11.9 Å². The van der Waals surface area contributed by atoms with Crippen molar-refractivity contribution in [3.8, 4) is 0 Å². The molecule has 6 nitrogen and oxygen atoms in total. The number of carbonyl (C=O) groups is 1. The minimum atomic E-state index is -0.855. The van der Waals surface area contributed by atoms with Crippen molar-refractivity contribution in [3.05, 3.63) is 40.2 Å². The molecule has 0 saturated heterocycles. The zero-order valence-electron chi connectivity index (χ0n) is 12.0. The number of aromatic nitrogens is 1. The second-order valence-corrected chi connectivity index (χ2v) is 5.57. The molecule has 0 aliphatic rings. The van der Waals surface area contributed by atoms with Crippen LogP contribution in [0.25, 0.3) is 0 Å². The molecule has 2 rings (SSSR count). The van der Waals surface area contributed by atoms with Gasteiger partial charge in [0.05, 0.1) is 29.6 Å². The smallest absolute Gasteiger partial charge is 0.315 e. The number of amides is 2. The maximum atomic E-state index is 11.8. The number of nitrogens with one attached hydrogen (secondary N) is 2. The molecular weight excluding hydrogens is 290 g/mol. The fraction of sp³-hybridized carbons (Fsp3) is 0.429. The lowest BCUT2D eigenvalue weighted by atomic mass is 10.2. The fourth-order valence-electron chi connectivity index (χ4n) is 1.78. The lowest BCUT2D eigenvalue weighted by Crippen LogP contribution is -2.39. The Kier molecular flexibility index (Phi) is 5.35. The molecule has 2 unspecified atom stereocenters. The third-order valence-corrected chi connectivity index (χ3v) is 4.00. The second kappa shape index (κ2) is 7.24. The monoisotopic (exact) mass is 309 g/mol. The molecule has 2 aromatic heterocycles. The van der Waals surface area contributed by atoms with Crippen molar-refractivity contribution in [2.75, 3.05) is 6.54 Å². The van der Waals surface area contributed by atoms with Crippen LogP contribution in [-0.4, -0.2) is 22.7 Å². The standard InChI is InChI=1S/C14H19N3O3S/c1-3-13-17-10(8-21-13)9(2)16-14(19)15-7-11(18)12-5-4-6-20-12/h4-6,8-9,11,18H,3,7H2,1-2H3,(H2,15,16,19). The highest BCUT2D eigenvalue weighted by Crippen LogP contribution is 2.17. The zero-order valence-corrected chi connectivity index (χ0v) is 12.8. The number of rotatable bonds is 6. The van der Waals surface area contributed by atoms with Crippen LogP contribution in [0.5, 0.6) is 0 Å². The maximum absolute atomic E-state index is 11.8. The normalized spacial score (nSPS) is 13.7. The van der Waals surface area contributed by atoms with Gasteiger partial charge in [0.15, 0.2) is 0 Å². The van der Waals surface area contributed by atoms with Gasteiger partial charge >= 0.3 is 6.03 Å². The molecule has 2 aromatic rings. The highest BCUT2D eigenvalue weighted by atomic mass is 32.1. The summed E-state index contributed by atoms with van der Waals surface area (Å²) in [5.41, 5.74) is 0.846. The van der Waals surface area contributed by atoms with E-state index in [4.69, 9.17) is 4.42 Å². The van der Waals surface area contributed by atoms with Gasteiger partial charge in [0.25, 0.3) is 0 Å². The molecule has 0 aliphatic carbocycles. The number of aliphatic hydroxyl groups excluding tert-OH is 1. The van der Waals surface area contributed by atoms with E-state index >= 15 is 0 Å². The quantitative estimate of drug-likeness (QED) is 0.764. The number of hydrogen-bond donors (Lipinski definition) is 3. The van der Waals surface area contributed by atoms with Gasteiger partial charge in [-0.3, -0.25) is 0 Å². The molecule has 0 aromatic carbocycles. The van der Waals surface area contributed by atoms with Gasteiger partial charge in [-0.05, 0) is 25.5 Å². The van der Waals surface area contributed by atoms with Crippen LogP contribution >= 0.6 is 11.3 Å². The third-order valence-electron chi connectivity index (χ3n) is 2.99. The first-order valence-electron chi connectivity index (χ1n) is 6.80. The van der Waals surface area contributed by atoms with E-state index in [1.807, 2.05) is 19.2 Å². The van der Waals surface area contributed by atoms with Gasteiger partial charge in [-0.15, -0.1) is 11.3 Å². The van der Waals surface area contributed by atoms with Crippen LogP contribution < -0.4 is 10.6 Å². The van der Waals surface area contributed by atoms with Crippen LogP contribution in [-0.2, 0) is 6.42 Å². The largest absolute Gasteiger partial charge is 0.467 e. The Morgan fingerprint density at radius 1 is 1.57 bits per heavy atom. The topological polar surface area (TPSA) is 87.4 Å². The highest BCUT2D eigenvalue weighted by molar-refractivity contribution is 7.09. The van der Waals surface area contributed by atoms with Crippen LogP contribution in [0.2, 0.25) is 0 Å². The van der Waals surface area contributed by atoms with Crippen molar-refractivity contribution in [3.63, 3.8) is 0 Å². The number of aliphatic hydroxyl groups is 1. The van der Waals surface area contributed by atoms with E-state index < -0.39 is 6.10 Å². The lowest BCUT2D eigenvalue weighted by Gasteiger charge is -2.14. The van der Waals surface area contributed by atoms with Gasteiger partial charge in [0, 0.05) is 5.38 Å². The third kappa shape index (κ3) is 4.30. The molecule has 114 valence electrons. The fourth-order valence-corrected chi connectivity index (χ4v) is 2.62. The average molecular weight is 309 g/mol. The molecule has 0 radical (unpaired) electrons. The van der Waals surface area contributed by atoms with E-state index in [0.29, 0.717) is 5.76 Å². The summed E-state index contributed by atoms with van der Waals surface area (Å²) >= 11 is 1.59. The molecule has 0 aliphatic heterocycles. The Bertz CT molecular complexity index is 568. The number of hydrogen-bond acceptors (Lipinski definition) is 5. The van der Waals surface area contributed by atoms with Crippen LogP contribution in [0.15, 0.2) is 28.2 Å². The molecule has 3 N–H and O–H groups in total. The van der Waals surface area contributed by atoms with Gasteiger partial charge in [0.2, 0.25) is 0 Å². The first kappa shape index (κ1) is 15.5. The summed E-state index contributed by atoms with van der Waals surface area (Å²) in [5, 5.41) is 18.2. The Morgan fingerprint density at radius 2 is 2.38 bits per heavy atom. The predicted octanol–water partition coefficient (Wildman–Crippen LogP) is 2.39. The molecule has 0 bridgehead atoms. The van der Waals surface area contributed by atoms with Crippen LogP contribution in [0, 0.1) is 0 Å². The SMILES string of the molecule is CCc1nc(C(C)NC(=O)NCC(O)c2ccco2)cs1. The van der Waals surface area contributed by atoms with Crippen molar-refractivity contribution < 1.29 is 14.3 Å². The molecule has 0 saturated carbocycles. The molecule has 7 heteroatoms. The summed E-state index contributed by atoms with van der Waals surface area (Å²) in [6, 6.07) is 2.82. The number of carbonyl (C=O) groups excluding carboxylic acids is 1. The number of furan rings is 1. The van der Waals surface area contributed by atoms with Gasteiger partial charge in [-0.2, -0.15) is 0 Å². The van der Waals surface area contributed by atoms with Crippen LogP contribution in [0.4, 0.5) is 4.79 Å². The van der Waals surface area contributed by atoms with Gasteiger partial charge in [-0.1, -0.05) is 6.92 Å². The summed E-state index contributed by atoms with van der Waals surface area (Å²) < 4.78 is 5.06. The van der Waals surface area contributed by atoms with Crippen molar-refractivity contribution in [1.82, 2.24) is 15.6 Å². The first-order chi connectivity index (χ1) is 10.1. The predicted molar refractivity (Wildman–Crippen MR) is 80.1 cm³/mol. The van der Waals surface area contributed by atoms with Gasteiger partial charge < -0.3 is 20.2 Å². The summed E-state index contributed by atoms with van der Waals surface area (Å²) in [4.78, 5) is 16.2. The van der Waals surface area contributed by atoms with Crippen LogP contribution in [0.3, 0.4) is 0 Å². The van der Waals surface area contributed by atoms with E-state index in [0.717, 1.165) is 17.1 Å². The minimum absolute atomic E-state index is 0.0866. The van der Waals surface area contributed by atoms with E-state index in [1.165, 1.54) is 6.26 Å². The molecule has 2 atom stereocenters. The van der Waals surface area contributed by atoms with E-state index in [2.05, 4.69) is 15.6 Å². The van der Waals surface area contributed by atoms with E-state index in [9.17, 15) is 9.90 Å². The minimum Gasteiger partial charge on any atom is -0.467 e. The Morgan fingerprint density at radius 3 is 3.00 bits per heavy atom. The van der Waals surface area contributed by atoms with Crippen LogP contribution in [0.1, 0.15) is 42.5 Å². The summed E-state index contributed by atoms with van der Waals surface area (Å²) in [5.74, 6) is 0.426. The molecule has 0 spiro atoms. The summed E-state index contributed by atoms with van der Waals surface area (Å²) in [6.45, 7) is 4.00. The maximum Gasteiger partial charge on any atom is 0.315 e. The Balaban J connectivity index is 1.78. The molecule has 2 amide bonds. The number of aryl methyl sites for hydroxylation is 1. The number of thiazole rings is 1. The highest BCUT2D eigenvalue weighted by Gasteiger charge is 2.15.